The first-order valence-electron chi connectivity index (χ1n) is 7.51. The van der Waals surface area contributed by atoms with E-state index in [9.17, 15) is 8.78 Å². The van der Waals surface area contributed by atoms with Gasteiger partial charge in [-0.3, -0.25) is 0 Å². The van der Waals surface area contributed by atoms with Gasteiger partial charge in [0.1, 0.15) is 12.4 Å². The van der Waals surface area contributed by atoms with Crippen molar-refractivity contribution in [1.82, 2.24) is 14.6 Å². The largest absolute Gasteiger partial charge is 0.489 e. The maximum atomic E-state index is 13.4. The fourth-order valence-electron chi connectivity index (χ4n) is 2.04. The Bertz CT molecular complexity index is 822. The molecule has 3 rings (SSSR count). The van der Waals surface area contributed by atoms with E-state index in [0.29, 0.717) is 11.7 Å². The smallest absolute Gasteiger partial charge is 0.214 e. The molecule has 0 atom stereocenters. The van der Waals surface area contributed by atoms with Gasteiger partial charge in [0.2, 0.25) is 10.1 Å². The molecule has 5 nitrogen and oxygen atoms in total. The third-order valence-corrected chi connectivity index (χ3v) is 4.22. The van der Waals surface area contributed by atoms with Crippen LogP contribution >= 0.6 is 11.3 Å². The average Bonchev–Trinajstić information content (AvgIpc) is 3.03. The third kappa shape index (κ3) is 3.64. The molecule has 0 fully saturated rings. The molecule has 0 unspecified atom stereocenters. The monoisotopic (exact) mass is 352 g/mol. The molecule has 2 heterocycles. The Morgan fingerprint density at radius 3 is 2.75 bits per heavy atom. The van der Waals surface area contributed by atoms with Crippen LogP contribution in [0.5, 0.6) is 5.75 Å². The molecule has 0 aliphatic rings. The van der Waals surface area contributed by atoms with Crippen molar-refractivity contribution in [1.29, 1.82) is 0 Å². The van der Waals surface area contributed by atoms with Gasteiger partial charge in [-0.05, 0) is 12.1 Å². The lowest BCUT2D eigenvalue weighted by Crippen LogP contribution is -2.12. The lowest BCUT2D eigenvalue weighted by atomic mass is 9.93. The highest BCUT2D eigenvalue weighted by atomic mass is 32.1. The van der Waals surface area contributed by atoms with Crippen LogP contribution < -0.4 is 10.1 Å². The summed E-state index contributed by atoms with van der Waals surface area (Å²) in [7, 11) is 0. The number of hydrogen-bond donors (Lipinski definition) is 1. The van der Waals surface area contributed by atoms with Crippen LogP contribution in [0.1, 0.15) is 26.5 Å². The molecule has 3 aromatic rings. The van der Waals surface area contributed by atoms with Gasteiger partial charge in [-0.15, -0.1) is 5.10 Å². The molecule has 0 radical (unpaired) electrons. The predicted octanol–water partition coefficient (Wildman–Crippen LogP) is 3.86. The number of benzene rings is 1. The quantitative estimate of drug-likeness (QED) is 0.709. The summed E-state index contributed by atoms with van der Waals surface area (Å²) in [5.41, 5.74) is 0.969. The van der Waals surface area contributed by atoms with Crippen LogP contribution in [0, 0.1) is 11.6 Å². The molecule has 0 aliphatic heterocycles. The molecule has 0 bridgehead atoms. The normalized spacial score (nSPS) is 11.9. The summed E-state index contributed by atoms with van der Waals surface area (Å²) in [6.07, 6.45) is 1.92. The first-order valence-corrected chi connectivity index (χ1v) is 8.33. The van der Waals surface area contributed by atoms with Gasteiger partial charge in [0.05, 0.1) is 18.4 Å². The van der Waals surface area contributed by atoms with Crippen LogP contribution in [-0.4, -0.2) is 27.7 Å². The number of fused-ring (bicyclic) bond motifs is 1. The van der Waals surface area contributed by atoms with Gasteiger partial charge in [0.15, 0.2) is 11.6 Å². The van der Waals surface area contributed by atoms with E-state index in [4.69, 9.17) is 4.74 Å². The summed E-state index contributed by atoms with van der Waals surface area (Å²) >= 11 is 1.44. The second-order valence-corrected chi connectivity index (χ2v) is 7.32. The maximum Gasteiger partial charge on any atom is 0.214 e. The number of aromatic nitrogens is 3. The number of hydrogen-bond acceptors (Lipinski definition) is 5. The van der Waals surface area contributed by atoms with Crippen molar-refractivity contribution < 1.29 is 13.5 Å². The highest BCUT2D eigenvalue weighted by Gasteiger charge is 2.19. The Hall–Kier alpha value is -2.22. The number of rotatable bonds is 5. The highest BCUT2D eigenvalue weighted by Crippen LogP contribution is 2.25. The Morgan fingerprint density at radius 2 is 2.08 bits per heavy atom. The van der Waals surface area contributed by atoms with Gasteiger partial charge in [-0.1, -0.05) is 32.1 Å². The SMILES string of the molecule is CC(C)(C)c1cn2nc(NCCOc3ccc(F)cc3F)sc2n1. The van der Waals surface area contributed by atoms with Crippen molar-refractivity contribution in [3.05, 3.63) is 41.7 Å². The zero-order valence-electron chi connectivity index (χ0n) is 13.6. The Balaban J connectivity index is 1.55. The van der Waals surface area contributed by atoms with Crippen molar-refractivity contribution in [3.63, 3.8) is 0 Å². The molecular weight excluding hydrogens is 334 g/mol. The van der Waals surface area contributed by atoms with Crippen LogP contribution in [0.25, 0.3) is 4.96 Å². The van der Waals surface area contributed by atoms with Crippen molar-refractivity contribution in [3.8, 4) is 5.75 Å². The maximum absolute atomic E-state index is 13.4. The van der Waals surface area contributed by atoms with Crippen LogP contribution in [-0.2, 0) is 5.41 Å². The van der Waals surface area contributed by atoms with E-state index in [2.05, 4.69) is 36.2 Å². The van der Waals surface area contributed by atoms with Crippen molar-refractivity contribution in [2.24, 2.45) is 0 Å². The van der Waals surface area contributed by atoms with Crippen LogP contribution in [0.15, 0.2) is 24.4 Å². The zero-order chi connectivity index (χ0) is 17.3. The van der Waals surface area contributed by atoms with E-state index in [1.807, 2.05) is 6.20 Å². The second-order valence-electron chi connectivity index (χ2n) is 6.36. The zero-order valence-corrected chi connectivity index (χ0v) is 14.5. The summed E-state index contributed by atoms with van der Waals surface area (Å²) in [5.74, 6) is -1.31. The van der Waals surface area contributed by atoms with Crippen LogP contribution in [0.4, 0.5) is 13.9 Å². The molecule has 0 aliphatic carbocycles. The molecule has 1 N–H and O–H groups in total. The summed E-state index contributed by atoms with van der Waals surface area (Å²) in [5, 5.41) is 8.22. The van der Waals surface area contributed by atoms with Crippen LogP contribution in [0.3, 0.4) is 0 Å². The molecule has 8 heteroatoms. The lowest BCUT2D eigenvalue weighted by molar-refractivity contribution is 0.314. The fourth-order valence-corrected chi connectivity index (χ4v) is 2.85. The van der Waals surface area contributed by atoms with E-state index >= 15 is 0 Å². The molecule has 128 valence electrons. The van der Waals surface area contributed by atoms with E-state index in [0.717, 1.165) is 22.8 Å². The summed E-state index contributed by atoms with van der Waals surface area (Å²) in [6, 6.07) is 3.23. The van der Waals surface area contributed by atoms with E-state index in [-0.39, 0.29) is 17.8 Å². The number of nitrogens with one attached hydrogen (secondary N) is 1. The Morgan fingerprint density at radius 1 is 1.29 bits per heavy atom. The number of nitrogens with zero attached hydrogens (tertiary/aromatic N) is 3. The number of ether oxygens (including phenoxy) is 1. The van der Waals surface area contributed by atoms with Gasteiger partial charge in [0, 0.05) is 11.5 Å². The van der Waals surface area contributed by atoms with E-state index in [1.165, 1.54) is 17.4 Å². The van der Waals surface area contributed by atoms with Gasteiger partial charge < -0.3 is 10.1 Å². The van der Waals surface area contributed by atoms with Crippen LogP contribution in [0.2, 0.25) is 0 Å². The minimum absolute atomic E-state index is 0.0198. The fraction of sp³-hybridized carbons (Fsp3) is 0.375. The molecule has 0 amide bonds. The molecule has 0 spiro atoms. The first kappa shape index (κ1) is 16.6. The molecule has 2 aromatic heterocycles. The molecule has 24 heavy (non-hydrogen) atoms. The van der Waals surface area contributed by atoms with Gasteiger partial charge >= 0.3 is 0 Å². The second kappa shape index (κ2) is 6.35. The first-order chi connectivity index (χ1) is 11.3. The number of halogens is 2. The van der Waals surface area contributed by atoms with Gasteiger partial charge in [-0.2, -0.15) is 0 Å². The Labute approximate surface area is 142 Å². The average molecular weight is 352 g/mol. The predicted molar refractivity (Wildman–Crippen MR) is 89.9 cm³/mol. The van der Waals surface area contributed by atoms with E-state index in [1.54, 1.807) is 4.52 Å². The molecule has 0 saturated carbocycles. The van der Waals surface area contributed by atoms with E-state index < -0.39 is 11.6 Å². The molecule has 1 aromatic carbocycles. The van der Waals surface area contributed by atoms with Crippen molar-refractivity contribution >= 4 is 21.4 Å². The summed E-state index contributed by atoms with van der Waals surface area (Å²) in [6.45, 7) is 6.98. The van der Waals surface area contributed by atoms with Gasteiger partial charge in [0.25, 0.3) is 0 Å². The van der Waals surface area contributed by atoms with Crippen molar-refractivity contribution in [2.45, 2.75) is 26.2 Å². The molecule has 0 saturated heterocycles. The summed E-state index contributed by atoms with van der Waals surface area (Å²) < 4.78 is 33.3. The topological polar surface area (TPSA) is 51.5 Å². The number of imidazole rings is 1. The Kier molecular flexibility index (Phi) is 4.40. The van der Waals surface area contributed by atoms with Crippen molar-refractivity contribution in [2.75, 3.05) is 18.5 Å². The number of anilines is 1. The highest BCUT2D eigenvalue weighted by molar-refractivity contribution is 7.20. The minimum atomic E-state index is -0.711. The minimum Gasteiger partial charge on any atom is -0.489 e. The third-order valence-electron chi connectivity index (χ3n) is 3.34. The lowest BCUT2D eigenvalue weighted by Gasteiger charge is -2.13. The standard InChI is InChI=1S/C16H18F2N4OS/c1-16(2,3)13-9-22-15(20-13)24-14(21-22)19-6-7-23-12-5-4-10(17)8-11(12)18/h4-5,8-9H,6-7H2,1-3H3,(H,19,21). The van der Waals surface area contributed by atoms with Gasteiger partial charge in [-0.25, -0.2) is 18.3 Å². The summed E-state index contributed by atoms with van der Waals surface area (Å²) in [4.78, 5) is 5.38. The molecular formula is C16H18F2N4OS.